The summed E-state index contributed by atoms with van der Waals surface area (Å²) >= 11 is 0. The monoisotopic (exact) mass is 430 g/mol. The number of carbonyl (C=O) groups is 2. The fourth-order valence-electron chi connectivity index (χ4n) is 1.33. The van der Waals surface area contributed by atoms with Crippen molar-refractivity contribution >= 4 is 11.9 Å². The van der Waals surface area contributed by atoms with Crippen LogP contribution >= 0.6 is 0 Å². The van der Waals surface area contributed by atoms with Crippen LogP contribution in [0.4, 0.5) is 0 Å². The molecule has 27 heavy (non-hydrogen) atoms. The molecule has 0 saturated heterocycles. The summed E-state index contributed by atoms with van der Waals surface area (Å²) in [6.07, 6.45) is -15.9. The molecule has 14 nitrogen and oxygen atoms in total. The van der Waals surface area contributed by atoms with E-state index in [0.29, 0.717) is 0 Å². The van der Waals surface area contributed by atoms with Crippen molar-refractivity contribution in [2.75, 3.05) is 13.2 Å². The maximum Gasteiger partial charge on any atom is 1.00 e. The molecule has 0 heterocycles. The van der Waals surface area contributed by atoms with Crippen LogP contribution in [0.25, 0.3) is 0 Å². The third-order valence-electron chi connectivity index (χ3n) is 3.00. The number of aliphatic hydroxyl groups excluding tert-OH is 10. The van der Waals surface area contributed by atoms with Crippen LogP contribution in [0.2, 0.25) is 0 Å². The van der Waals surface area contributed by atoms with Gasteiger partial charge < -0.3 is 66.1 Å². The number of hydrogen-bond donors (Lipinski definition) is 11. The van der Waals surface area contributed by atoms with E-state index in [0.717, 1.165) is 0 Å². The van der Waals surface area contributed by atoms with Gasteiger partial charge in [0.05, 0.1) is 19.2 Å². The van der Waals surface area contributed by atoms with Crippen LogP contribution in [-0.2, 0) is 9.59 Å². The Morgan fingerprint density at radius 3 is 1.19 bits per heavy atom. The number of hydrogen-bond acceptors (Lipinski definition) is 13. The van der Waals surface area contributed by atoms with Gasteiger partial charge in [0.1, 0.15) is 42.7 Å². The average molecular weight is 430 g/mol. The molecule has 0 unspecified atom stereocenters. The number of carbonyl (C=O) groups excluding carboxylic acids is 1. The van der Waals surface area contributed by atoms with Crippen molar-refractivity contribution in [2.24, 2.45) is 0 Å². The Kier molecular flexibility index (Phi) is 18.9. The summed E-state index contributed by atoms with van der Waals surface area (Å²) in [4.78, 5) is 20.1. The minimum Gasteiger partial charge on any atom is -0.547 e. The van der Waals surface area contributed by atoms with Crippen LogP contribution in [0, 0.1) is 0 Å². The number of carboxylic acid groups (broad SMARTS) is 2. The largest absolute Gasteiger partial charge is 1.00 e. The van der Waals surface area contributed by atoms with Crippen molar-refractivity contribution < 1.29 is 122 Å². The number of carboxylic acids is 2. The molecule has 0 spiro atoms. The Morgan fingerprint density at radius 2 is 0.963 bits per heavy atom. The summed E-state index contributed by atoms with van der Waals surface area (Å²) in [6.45, 7) is -1.71. The summed E-state index contributed by atoms with van der Waals surface area (Å²) in [5.41, 5.74) is 0. The SMILES string of the molecule is O=C(O)[C@H](O)[C@@H](O)[C@H](O)[C@H](O)CO.O=C([O-])[C@H](O)[C@@H](O)[C@H](O)[C@H](O)CO.[K+]. The van der Waals surface area contributed by atoms with Crippen LogP contribution in [0.5, 0.6) is 0 Å². The molecule has 0 aliphatic rings. The van der Waals surface area contributed by atoms with E-state index in [1.165, 1.54) is 0 Å². The second kappa shape index (κ2) is 16.0. The fourth-order valence-corrected chi connectivity index (χ4v) is 1.33. The predicted octanol–water partition coefficient (Wildman–Crippen LogP) is -11.3. The summed E-state index contributed by atoms with van der Waals surface area (Å²) in [5.74, 6) is -3.70. The molecule has 0 aromatic heterocycles. The molecule has 11 N–H and O–H groups in total. The number of aliphatic hydroxyl groups is 10. The Bertz CT molecular complexity index is 385. The zero-order chi connectivity index (χ0) is 21.2. The molecule has 15 heteroatoms. The number of aliphatic carboxylic acids is 2. The van der Waals surface area contributed by atoms with Gasteiger partial charge in [-0.25, -0.2) is 4.79 Å². The van der Waals surface area contributed by atoms with Crippen molar-refractivity contribution in [1.82, 2.24) is 0 Å². The van der Waals surface area contributed by atoms with Gasteiger partial charge in [-0.3, -0.25) is 0 Å². The molecule has 0 bridgehead atoms. The molecule has 0 amide bonds. The molecule has 0 aliphatic heterocycles. The molecule has 0 aromatic carbocycles. The summed E-state index contributed by atoms with van der Waals surface area (Å²) in [5, 5.41) is 105. The average Bonchev–Trinajstić information content (AvgIpc) is 2.62. The van der Waals surface area contributed by atoms with Gasteiger partial charge in [-0.1, -0.05) is 0 Å². The molecule has 156 valence electrons. The summed E-state index contributed by atoms with van der Waals surface area (Å²) < 4.78 is 0. The minimum atomic E-state index is -2.31. The predicted molar refractivity (Wildman–Crippen MR) is 74.9 cm³/mol. The molecule has 0 radical (unpaired) electrons. The van der Waals surface area contributed by atoms with Gasteiger partial charge in [0, 0.05) is 0 Å². The van der Waals surface area contributed by atoms with E-state index in [1.807, 2.05) is 0 Å². The topological polar surface area (TPSA) is 280 Å². The molecule has 0 saturated carbocycles. The van der Waals surface area contributed by atoms with E-state index in [9.17, 15) is 14.7 Å². The standard InChI is InChI=1S/2C6H12O7.K/c2*7-1-2(8)3(9)4(10)5(11)6(12)13;/h2*2-5,7-11H,1H2,(H,12,13);/q;;+1/p-1/t2*2-,3-,4+,5-;/m11./s1. The van der Waals surface area contributed by atoms with Gasteiger partial charge >= 0.3 is 57.4 Å². The molecule has 0 fully saturated rings. The van der Waals surface area contributed by atoms with Crippen molar-refractivity contribution in [1.29, 1.82) is 0 Å². The first-order chi connectivity index (χ1) is 11.8. The van der Waals surface area contributed by atoms with Crippen LogP contribution < -0.4 is 56.5 Å². The number of rotatable bonds is 10. The summed E-state index contributed by atoms with van der Waals surface area (Å²) in [7, 11) is 0. The third kappa shape index (κ3) is 11.7. The molecular formula is C12H23KO14. The van der Waals surface area contributed by atoms with Gasteiger partial charge in [-0.15, -0.1) is 0 Å². The van der Waals surface area contributed by atoms with E-state index >= 15 is 0 Å². The second-order valence-electron chi connectivity index (χ2n) is 5.01. The molecule has 0 aliphatic carbocycles. The quantitative estimate of drug-likeness (QED) is 0.144. The van der Waals surface area contributed by atoms with Crippen LogP contribution in [0.15, 0.2) is 0 Å². The van der Waals surface area contributed by atoms with E-state index in [1.54, 1.807) is 0 Å². The second-order valence-corrected chi connectivity index (χ2v) is 5.01. The Hall–Kier alpha value is 0.176. The van der Waals surface area contributed by atoms with Gasteiger partial charge in [-0.2, -0.15) is 0 Å². The van der Waals surface area contributed by atoms with E-state index in [4.69, 9.17) is 56.2 Å². The zero-order valence-electron chi connectivity index (χ0n) is 14.2. The molecular weight excluding hydrogens is 407 g/mol. The van der Waals surface area contributed by atoms with Crippen molar-refractivity contribution in [2.45, 2.75) is 48.8 Å². The third-order valence-corrected chi connectivity index (χ3v) is 3.00. The van der Waals surface area contributed by atoms with E-state index < -0.39 is 74.0 Å². The minimum absolute atomic E-state index is 0. The fraction of sp³-hybridized carbons (Fsp3) is 0.833. The smallest absolute Gasteiger partial charge is 0.547 e. The van der Waals surface area contributed by atoms with Gasteiger partial charge in [0.15, 0.2) is 6.10 Å². The van der Waals surface area contributed by atoms with E-state index in [2.05, 4.69) is 0 Å². The normalized spacial score (nSPS) is 19.6. The zero-order valence-corrected chi connectivity index (χ0v) is 17.3. The van der Waals surface area contributed by atoms with Crippen LogP contribution in [0.3, 0.4) is 0 Å². The first-order valence-electron chi connectivity index (χ1n) is 6.93. The molecule has 0 rings (SSSR count). The summed E-state index contributed by atoms with van der Waals surface area (Å²) in [6, 6.07) is 0. The van der Waals surface area contributed by atoms with Crippen LogP contribution in [-0.4, -0.2) is 130 Å². The Labute approximate surface area is 195 Å². The van der Waals surface area contributed by atoms with Crippen molar-refractivity contribution in [3.05, 3.63) is 0 Å². The van der Waals surface area contributed by atoms with Crippen LogP contribution in [0.1, 0.15) is 0 Å². The van der Waals surface area contributed by atoms with E-state index in [-0.39, 0.29) is 51.4 Å². The maximum atomic E-state index is 10.1. The molecule has 8 atom stereocenters. The molecule has 0 aromatic rings. The van der Waals surface area contributed by atoms with Crippen molar-refractivity contribution in [3.8, 4) is 0 Å². The van der Waals surface area contributed by atoms with Crippen molar-refractivity contribution in [3.63, 3.8) is 0 Å². The van der Waals surface area contributed by atoms with Gasteiger partial charge in [-0.05, 0) is 0 Å². The van der Waals surface area contributed by atoms with Gasteiger partial charge in [0.2, 0.25) is 0 Å². The first-order valence-corrected chi connectivity index (χ1v) is 6.93. The Balaban J connectivity index is -0.000000411. The van der Waals surface area contributed by atoms with Gasteiger partial charge in [0.25, 0.3) is 0 Å². The maximum absolute atomic E-state index is 10.1. The Morgan fingerprint density at radius 1 is 0.667 bits per heavy atom. The first kappa shape index (κ1) is 31.9.